The normalized spacial score (nSPS) is 18.1. The number of rotatable bonds is 1. The number of hydrogen-bond acceptors (Lipinski definition) is 0. The van der Waals surface area contributed by atoms with E-state index >= 15 is 0 Å². The van der Waals surface area contributed by atoms with E-state index in [4.69, 9.17) is 0 Å². The number of allylic oxidation sites excluding steroid dienone is 3. The summed E-state index contributed by atoms with van der Waals surface area (Å²) in [5, 5.41) is 2.57. The Hall–Kier alpha value is -2.08. The minimum Gasteiger partial charge on any atom is -0.103 e. The van der Waals surface area contributed by atoms with Gasteiger partial charge in [-0.05, 0) is 79.7 Å². The molecular formula is C31H50. The maximum Gasteiger partial charge on any atom is -0.0178 e. The van der Waals surface area contributed by atoms with Crippen LogP contribution in [0.3, 0.4) is 0 Å². The van der Waals surface area contributed by atoms with E-state index in [1.165, 1.54) is 35.6 Å². The maximum atomic E-state index is 3.93. The van der Waals surface area contributed by atoms with E-state index < -0.39 is 0 Å². The van der Waals surface area contributed by atoms with Gasteiger partial charge in [0.05, 0.1) is 0 Å². The third-order valence-corrected chi connectivity index (χ3v) is 4.85. The molecule has 1 aliphatic carbocycles. The van der Waals surface area contributed by atoms with Gasteiger partial charge < -0.3 is 0 Å². The largest absolute Gasteiger partial charge is 0.103 e. The van der Waals surface area contributed by atoms with Crippen LogP contribution in [-0.2, 0) is 0 Å². The van der Waals surface area contributed by atoms with Crippen LogP contribution in [0.4, 0.5) is 0 Å². The molecule has 2 aromatic rings. The second-order valence-electron chi connectivity index (χ2n) is 9.18. The smallest absolute Gasteiger partial charge is 0.0178 e. The fourth-order valence-electron chi connectivity index (χ4n) is 4.28. The molecule has 0 radical (unpaired) electrons. The fraction of sp³-hybridized carbons (Fsp3) is 0.484. The van der Waals surface area contributed by atoms with Gasteiger partial charge in [-0.25, -0.2) is 0 Å². The predicted molar refractivity (Wildman–Crippen MR) is 148 cm³/mol. The molecule has 2 unspecified atom stereocenters. The molecule has 3 rings (SSSR count). The van der Waals surface area contributed by atoms with Crippen LogP contribution in [0.1, 0.15) is 87.1 Å². The van der Waals surface area contributed by atoms with Crippen molar-refractivity contribution in [1.29, 1.82) is 0 Å². The molecule has 0 nitrogen and oxygen atoms in total. The second-order valence-corrected chi connectivity index (χ2v) is 9.18. The van der Waals surface area contributed by atoms with E-state index in [9.17, 15) is 0 Å². The molecule has 0 aromatic heterocycles. The molecule has 0 saturated heterocycles. The van der Waals surface area contributed by atoms with E-state index in [-0.39, 0.29) is 0 Å². The summed E-state index contributed by atoms with van der Waals surface area (Å²) in [6, 6.07) is 14.8. The molecule has 1 saturated carbocycles. The van der Waals surface area contributed by atoms with Crippen LogP contribution < -0.4 is 0 Å². The van der Waals surface area contributed by atoms with Crippen molar-refractivity contribution in [1.82, 2.24) is 0 Å². The zero-order valence-electron chi connectivity index (χ0n) is 22.1. The van der Waals surface area contributed by atoms with Crippen molar-refractivity contribution >= 4 is 16.3 Å². The summed E-state index contributed by atoms with van der Waals surface area (Å²) in [6.07, 6.45) is 7.80. The third-order valence-electron chi connectivity index (χ3n) is 4.85. The Labute approximate surface area is 195 Å². The SMILES string of the molecule is C=C(C)c1ccc2ccccc2c1.C=CC.C=CC.CC.CC1CC(C)CC(C)(C)C1. The molecule has 2 atom stereocenters. The van der Waals surface area contributed by atoms with Gasteiger partial charge in [0.2, 0.25) is 0 Å². The van der Waals surface area contributed by atoms with Gasteiger partial charge >= 0.3 is 0 Å². The van der Waals surface area contributed by atoms with Crippen LogP contribution >= 0.6 is 0 Å². The number of benzene rings is 2. The quantitative estimate of drug-likeness (QED) is 0.401. The van der Waals surface area contributed by atoms with Gasteiger partial charge in [0.15, 0.2) is 0 Å². The number of fused-ring (bicyclic) bond motifs is 1. The van der Waals surface area contributed by atoms with Gasteiger partial charge in [0.1, 0.15) is 0 Å². The first-order valence-electron chi connectivity index (χ1n) is 11.9. The van der Waals surface area contributed by atoms with Crippen LogP contribution in [0, 0.1) is 17.3 Å². The first-order chi connectivity index (χ1) is 14.6. The highest BCUT2D eigenvalue weighted by molar-refractivity contribution is 5.85. The summed E-state index contributed by atoms with van der Waals surface area (Å²) >= 11 is 0. The van der Waals surface area contributed by atoms with Crippen molar-refractivity contribution in [3.05, 3.63) is 79.9 Å². The average Bonchev–Trinajstić information content (AvgIpc) is 2.69. The lowest BCUT2D eigenvalue weighted by atomic mass is 9.69. The molecule has 0 heterocycles. The third kappa shape index (κ3) is 14.5. The van der Waals surface area contributed by atoms with Crippen molar-refractivity contribution in [2.75, 3.05) is 0 Å². The standard InChI is InChI=1S/C13H12.C10H20.2C3H6.C2H6/c1-10(2)12-8-7-11-5-3-4-6-13(11)9-12;1-8-5-9(2)7-10(3,4)6-8;2*1-3-2;1-2/h3-9H,1H2,2H3;8-9H,5-7H2,1-4H3;2*3H,1H2,2H3;1-2H3. The minimum absolute atomic E-state index is 0.622. The van der Waals surface area contributed by atoms with Crippen molar-refractivity contribution in [3.63, 3.8) is 0 Å². The summed E-state index contributed by atoms with van der Waals surface area (Å²) in [6.45, 7) is 30.0. The molecule has 0 spiro atoms. The molecule has 0 amide bonds. The van der Waals surface area contributed by atoms with Crippen LogP contribution in [0.5, 0.6) is 0 Å². The molecule has 0 heteroatoms. The van der Waals surface area contributed by atoms with Crippen molar-refractivity contribution in [2.24, 2.45) is 17.3 Å². The molecule has 1 aliphatic rings. The molecule has 174 valence electrons. The zero-order valence-corrected chi connectivity index (χ0v) is 22.1. The van der Waals surface area contributed by atoms with Crippen molar-refractivity contribution < 1.29 is 0 Å². The lowest BCUT2D eigenvalue weighted by Gasteiger charge is -2.37. The Morgan fingerprint density at radius 3 is 1.68 bits per heavy atom. The Morgan fingerprint density at radius 2 is 1.29 bits per heavy atom. The highest BCUT2D eigenvalue weighted by Crippen LogP contribution is 2.41. The van der Waals surface area contributed by atoms with Crippen LogP contribution in [-0.4, -0.2) is 0 Å². The molecule has 1 fully saturated rings. The van der Waals surface area contributed by atoms with E-state index in [1.807, 2.05) is 34.6 Å². The topological polar surface area (TPSA) is 0 Å². The molecule has 0 N–H and O–H groups in total. The minimum atomic E-state index is 0.622. The Balaban J connectivity index is 0. The van der Waals surface area contributed by atoms with E-state index in [1.54, 1.807) is 12.2 Å². The summed E-state index contributed by atoms with van der Waals surface area (Å²) < 4.78 is 0. The first-order valence-corrected chi connectivity index (χ1v) is 11.9. The number of hydrogen-bond donors (Lipinski definition) is 0. The molecule has 0 aliphatic heterocycles. The maximum absolute atomic E-state index is 3.93. The highest BCUT2D eigenvalue weighted by atomic mass is 14.3. The fourth-order valence-corrected chi connectivity index (χ4v) is 4.28. The second kappa shape index (κ2) is 17.6. The van der Waals surface area contributed by atoms with Crippen molar-refractivity contribution in [2.45, 2.75) is 81.6 Å². The Kier molecular flexibility index (Phi) is 17.6. The summed E-state index contributed by atoms with van der Waals surface area (Å²) in [7, 11) is 0. The monoisotopic (exact) mass is 422 g/mol. The van der Waals surface area contributed by atoms with Crippen molar-refractivity contribution in [3.8, 4) is 0 Å². The average molecular weight is 423 g/mol. The summed E-state index contributed by atoms with van der Waals surface area (Å²) in [5.41, 5.74) is 2.96. The lowest BCUT2D eigenvalue weighted by molar-refractivity contribution is 0.143. The van der Waals surface area contributed by atoms with Gasteiger partial charge in [-0.15, -0.1) is 13.2 Å². The van der Waals surface area contributed by atoms with E-state index in [0.29, 0.717) is 5.41 Å². The van der Waals surface area contributed by atoms with Gasteiger partial charge in [-0.3, -0.25) is 0 Å². The molecule has 0 bridgehead atoms. The molecule has 31 heavy (non-hydrogen) atoms. The Morgan fingerprint density at radius 1 is 0.871 bits per heavy atom. The van der Waals surface area contributed by atoms with Crippen LogP contribution in [0.2, 0.25) is 0 Å². The van der Waals surface area contributed by atoms with Crippen LogP contribution in [0.15, 0.2) is 74.4 Å². The predicted octanol–water partition coefficient (Wildman–Crippen LogP) is 10.8. The van der Waals surface area contributed by atoms with E-state index in [2.05, 4.69) is 89.9 Å². The van der Waals surface area contributed by atoms with Gasteiger partial charge in [0, 0.05) is 0 Å². The Bertz CT molecular complexity index is 729. The summed E-state index contributed by atoms with van der Waals surface area (Å²) in [5.74, 6) is 1.91. The van der Waals surface area contributed by atoms with E-state index in [0.717, 1.165) is 17.4 Å². The highest BCUT2D eigenvalue weighted by Gasteiger charge is 2.29. The van der Waals surface area contributed by atoms with Gasteiger partial charge in [-0.1, -0.05) is 102 Å². The van der Waals surface area contributed by atoms with Gasteiger partial charge in [-0.2, -0.15) is 0 Å². The molecule has 2 aromatic carbocycles. The lowest BCUT2D eigenvalue weighted by Crippen LogP contribution is -2.25. The summed E-state index contributed by atoms with van der Waals surface area (Å²) in [4.78, 5) is 0. The van der Waals surface area contributed by atoms with Crippen LogP contribution in [0.25, 0.3) is 16.3 Å². The molecular weight excluding hydrogens is 372 g/mol. The van der Waals surface area contributed by atoms with Gasteiger partial charge in [0.25, 0.3) is 0 Å². The first kappa shape index (κ1) is 31.1. The zero-order chi connectivity index (χ0) is 24.4.